The van der Waals surface area contributed by atoms with E-state index in [1.165, 1.54) is 0 Å². The third-order valence-electron chi connectivity index (χ3n) is 3.87. The van der Waals surface area contributed by atoms with Crippen LogP contribution in [0, 0.1) is 0 Å². The van der Waals surface area contributed by atoms with Gasteiger partial charge in [0.1, 0.15) is 12.4 Å². The number of carbonyl (C=O) groups is 2. The fraction of sp³-hybridized carbons (Fsp3) is 0.364. The van der Waals surface area contributed by atoms with Gasteiger partial charge in [-0.25, -0.2) is 0 Å². The van der Waals surface area contributed by atoms with Gasteiger partial charge in [-0.2, -0.15) is 0 Å². The lowest BCUT2D eigenvalue weighted by Gasteiger charge is -2.13. The van der Waals surface area contributed by atoms with E-state index in [4.69, 9.17) is 9.47 Å². The number of ether oxygens (including phenoxy) is 2. The number of anilines is 2. The first-order chi connectivity index (χ1) is 14.0. The van der Waals surface area contributed by atoms with Crippen molar-refractivity contribution in [3.05, 3.63) is 54.1 Å². The third-order valence-corrected chi connectivity index (χ3v) is 3.87. The van der Waals surface area contributed by atoms with Crippen LogP contribution in [0.15, 0.2) is 48.5 Å². The minimum atomic E-state index is -0.201. The molecule has 0 fully saturated rings. The minimum absolute atomic E-state index is 0.0787. The van der Waals surface area contributed by atoms with Gasteiger partial charge in [0, 0.05) is 23.9 Å². The van der Waals surface area contributed by atoms with Crippen molar-refractivity contribution in [2.75, 3.05) is 37.0 Å². The maximum atomic E-state index is 12.3. The van der Waals surface area contributed by atoms with E-state index in [-0.39, 0.29) is 24.4 Å². The van der Waals surface area contributed by atoms with E-state index in [9.17, 15) is 9.59 Å². The van der Waals surface area contributed by atoms with Crippen molar-refractivity contribution < 1.29 is 19.1 Å². The van der Waals surface area contributed by atoms with Gasteiger partial charge in [0.2, 0.25) is 5.91 Å². The maximum Gasteiger partial charge on any atom is 0.251 e. The Bertz CT molecular complexity index is 791. The van der Waals surface area contributed by atoms with Crippen molar-refractivity contribution >= 4 is 23.2 Å². The van der Waals surface area contributed by atoms with Crippen LogP contribution in [0.2, 0.25) is 0 Å². The normalized spacial score (nSPS) is 10.5. The molecule has 0 spiro atoms. The number of hydrogen-bond donors (Lipinski definition) is 3. The van der Waals surface area contributed by atoms with Crippen molar-refractivity contribution in [2.24, 2.45) is 0 Å². The topological polar surface area (TPSA) is 88.7 Å². The van der Waals surface area contributed by atoms with E-state index in [1.54, 1.807) is 36.4 Å². The lowest BCUT2D eigenvalue weighted by molar-refractivity contribution is -0.114. The fourth-order valence-corrected chi connectivity index (χ4v) is 2.51. The van der Waals surface area contributed by atoms with Crippen molar-refractivity contribution in [2.45, 2.75) is 26.8 Å². The molecule has 0 aliphatic carbocycles. The summed E-state index contributed by atoms with van der Waals surface area (Å²) in [6.07, 6.45) is 0. The van der Waals surface area contributed by atoms with Crippen LogP contribution in [-0.2, 0) is 9.53 Å². The van der Waals surface area contributed by atoms with Gasteiger partial charge in [0.05, 0.1) is 18.8 Å². The van der Waals surface area contributed by atoms with E-state index < -0.39 is 0 Å². The number of para-hydroxylation sites is 2. The quantitative estimate of drug-likeness (QED) is 0.505. The SMILES string of the molecule is CCOCCOc1ccccc1NC(=O)CNc1ccc(C(=O)NC(C)C)cc1. The standard InChI is InChI=1S/C22H29N3O4/c1-4-28-13-14-29-20-8-6-5-7-19(20)25-21(26)15-23-18-11-9-17(10-12-18)22(27)24-16(2)3/h5-12,16,23H,4,13-15H2,1-3H3,(H,24,27)(H,25,26). The summed E-state index contributed by atoms with van der Waals surface area (Å²) in [7, 11) is 0. The molecule has 7 heteroatoms. The molecule has 7 nitrogen and oxygen atoms in total. The first kappa shape index (κ1) is 22.2. The molecule has 2 aromatic rings. The molecular formula is C22H29N3O4. The van der Waals surface area contributed by atoms with Gasteiger partial charge in [-0.05, 0) is 57.2 Å². The Hall–Kier alpha value is -3.06. The predicted octanol–water partition coefficient (Wildman–Crippen LogP) is 3.29. The van der Waals surface area contributed by atoms with Crippen LogP contribution in [0.4, 0.5) is 11.4 Å². The molecule has 0 aromatic heterocycles. The largest absolute Gasteiger partial charge is 0.489 e. The number of carbonyl (C=O) groups excluding carboxylic acids is 2. The number of hydrogen-bond acceptors (Lipinski definition) is 5. The van der Waals surface area contributed by atoms with E-state index in [0.29, 0.717) is 36.8 Å². The first-order valence-corrected chi connectivity index (χ1v) is 9.73. The van der Waals surface area contributed by atoms with Gasteiger partial charge >= 0.3 is 0 Å². The molecule has 0 heterocycles. The van der Waals surface area contributed by atoms with Crippen molar-refractivity contribution in [1.29, 1.82) is 0 Å². The zero-order valence-electron chi connectivity index (χ0n) is 17.2. The summed E-state index contributed by atoms with van der Waals surface area (Å²) in [5, 5.41) is 8.73. The molecule has 0 bridgehead atoms. The predicted molar refractivity (Wildman–Crippen MR) is 115 cm³/mol. The Labute approximate surface area is 171 Å². The average molecular weight is 399 g/mol. The highest BCUT2D eigenvalue weighted by Crippen LogP contribution is 2.23. The number of amides is 2. The molecule has 2 aromatic carbocycles. The van der Waals surface area contributed by atoms with Crippen LogP contribution in [-0.4, -0.2) is 44.2 Å². The number of benzene rings is 2. The summed E-state index contributed by atoms with van der Waals surface area (Å²) in [5.74, 6) is 0.277. The Morgan fingerprint density at radius 1 is 1.00 bits per heavy atom. The summed E-state index contributed by atoms with van der Waals surface area (Å²) >= 11 is 0. The van der Waals surface area contributed by atoms with Crippen molar-refractivity contribution in [1.82, 2.24) is 5.32 Å². The Kier molecular flexibility index (Phi) is 8.98. The molecule has 2 amide bonds. The zero-order valence-corrected chi connectivity index (χ0v) is 17.2. The molecule has 0 saturated carbocycles. The van der Waals surface area contributed by atoms with E-state index in [0.717, 1.165) is 5.69 Å². The van der Waals surface area contributed by atoms with Crippen LogP contribution < -0.4 is 20.7 Å². The number of rotatable bonds is 11. The number of nitrogens with one attached hydrogen (secondary N) is 3. The monoisotopic (exact) mass is 399 g/mol. The van der Waals surface area contributed by atoms with E-state index in [1.807, 2.05) is 32.9 Å². The smallest absolute Gasteiger partial charge is 0.251 e. The molecule has 156 valence electrons. The van der Waals surface area contributed by atoms with Gasteiger partial charge in [-0.3, -0.25) is 9.59 Å². The maximum absolute atomic E-state index is 12.3. The fourth-order valence-electron chi connectivity index (χ4n) is 2.51. The minimum Gasteiger partial charge on any atom is -0.489 e. The molecule has 0 atom stereocenters. The van der Waals surface area contributed by atoms with Gasteiger partial charge in [-0.1, -0.05) is 12.1 Å². The second-order valence-corrected chi connectivity index (χ2v) is 6.65. The second kappa shape index (κ2) is 11.7. The second-order valence-electron chi connectivity index (χ2n) is 6.65. The summed E-state index contributed by atoms with van der Waals surface area (Å²) in [6, 6.07) is 14.3. The molecule has 29 heavy (non-hydrogen) atoms. The van der Waals surface area contributed by atoms with Crippen molar-refractivity contribution in [3.8, 4) is 5.75 Å². The third kappa shape index (κ3) is 7.83. The molecule has 0 radical (unpaired) electrons. The highest BCUT2D eigenvalue weighted by Gasteiger charge is 2.09. The highest BCUT2D eigenvalue weighted by molar-refractivity contribution is 5.96. The molecule has 0 aliphatic heterocycles. The van der Waals surface area contributed by atoms with Gasteiger partial charge < -0.3 is 25.4 Å². The Morgan fingerprint density at radius 3 is 2.41 bits per heavy atom. The van der Waals surface area contributed by atoms with Crippen LogP contribution >= 0.6 is 0 Å². The molecule has 3 N–H and O–H groups in total. The molecule has 2 rings (SSSR count). The molecule has 0 aliphatic rings. The molecule has 0 saturated heterocycles. The van der Waals surface area contributed by atoms with E-state index in [2.05, 4.69) is 16.0 Å². The van der Waals surface area contributed by atoms with Crippen LogP contribution in [0.25, 0.3) is 0 Å². The van der Waals surface area contributed by atoms with Crippen molar-refractivity contribution in [3.63, 3.8) is 0 Å². The highest BCUT2D eigenvalue weighted by atomic mass is 16.5. The summed E-state index contributed by atoms with van der Waals surface area (Å²) in [6.45, 7) is 7.38. The zero-order chi connectivity index (χ0) is 21.1. The van der Waals surface area contributed by atoms with Gasteiger partial charge in [-0.15, -0.1) is 0 Å². The van der Waals surface area contributed by atoms with Crippen LogP contribution in [0.5, 0.6) is 5.75 Å². The van der Waals surface area contributed by atoms with Gasteiger partial charge in [0.25, 0.3) is 5.91 Å². The molecule has 0 unspecified atom stereocenters. The van der Waals surface area contributed by atoms with Crippen LogP contribution in [0.3, 0.4) is 0 Å². The Morgan fingerprint density at radius 2 is 1.72 bits per heavy atom. The summed E-state index contributed by atoms with van der Waals surface area (Å²) in [5.41, 5.74) is 1.94. The summed E-state index contributed by atoms with van der Waals surface area (Å²) < 4.78 is 10.9. The lowest BCUT2D eigenvalue weighted by atomic mass is 10.2. The Balaban J connectivity index is 1.85. The average Bonchev–Trinajstić information content (AvgIpc) is 2.70. The van der Waals surface area contributed by atoms with Gasteiger partial charge in [0.15, 0.2) is 0 Å². The van der Waals surface area contributed by atoms with E-state index >= 15 is 0 Å². The first-order valence-electron chi connectivity index (χ1n) is 9.73. The summed E-state index contributed by atoms with van der Waals surface area (Å²) in [4.78, 5) is 24.3. The lowest BCUT2D eigenvalue weighted by Crippen LogP contribution is -2.30. The van der Waals surface area contributed by atoms with Crippen LogP contribution in [0.1, 0.15) is 31.1 Å². The molecular weight excluding hydrogens is 370 g/mol.